The van der Waals surface area contributed by atoms with E-state index < -0.39 is 17.6 Å². The van der Waals surface area contributed by atoms with Gasteiger partial charge in [-0.3, -0.25) is 19.1 Å². The van der Waals surface area contributed by atoms with E-state index in [2.05, 4.69) is 25.2 Å². The summed E-state index contributed by atoms with van der Waals surface area (Å²) in [5.41, 5.74) is 8.97. The van der Waals surface area contributed by atoms with Crippen molar-refractivity contribution in [2.75, 3.05) is 24.1 Å². The largest absolute Gasteiger partial charge is 0.416 e. The Bertz CT molecular complexity index is 1720. The zero-order valence-electron chi connectivity index (χ0n) is 22.4. The molecule has 1 fully saturated rings. The number of anilines is 2. The number of benzene rings is 1. The summed E-state index contributed by atoms with van der Waals surface area (Å²) in [7, 11) is 0. The highest BCUT2D eigenvalue weighted by molar-refractivity contribution is 6.04. The maximum absolute atomic E-state index is 13.0. The normalized spacial score (nSPS) is 16.0. The quantitative estimate of drug-likeness (QED) is 0.279. The molecular formula is C30H27F3N8O. The smallest absolute Gasteiger partial charge is 0.382 e. The maximum Gasteiger partial charge on any atom is 0.416 e. The minimum atomic E-state index is -4.54. The zero-order chi connectivity index (χ0) is 29.3. The average Bonchev–Trinajstić information content (AvgIpc) is 3.39. The van der Waals surface area contributed by atoms with Crippen LogP contribution in [0.4, 0.5) is 24.8 Å². The predicted molar refractivity (Wildman–Crippen MR) is 152 cm³/mol. The molecule has 4 aromatic heterocycles. The van der Waals surface area contributed by atoms with Gasteiger partial charge in [-0.15, -0.1) is 0 Å². The number of imidazole rings is 1. The topological polar surface area (TPSA) is 114 Å². The van der Waals surface area contributed by atoms with Gasteiger partial charge in [0.15, 0.2) is 0 Å². The van der Waals surface area contributed by atoms with E-state index in [0.717, 1.165) is 62.2 Å². The second kappa shape index (κ2) is 11.2. The molecule has 0 bridgehead atoms. The van der Waals surface area contributed by atoms with Crippen molar-refractivity contribution in [3.8, 4) is 11.3 Å². The lowest BCUT2D eigenvalue weighted by molar-refractivity contribution is -0.137. The van der Waals surface area contributed by atoms with Crippen LogP contribution >= 0.6 is 0 Å². The number of piperidine rings is 1. The number of carbonyl (C=O) groups is 1. The number of carbonyl (C=O) groups excluding carboxylic acids is 1. The number of hydrogen-bond donors (Lipinski definition) is 2. The first-order chi connectivity index (χ1) is 20.3. The van der Waals surface area contributed by atoms with Crippen molar-refractivity contribution in [2.24, 2.45) is 0 Å². The Morgan fingerprint density at radius 2 is 1.81 bits per heavy atom. The second-order valence-electron chi connectivity index (χ2n) is 10.2. The lowest BCUT2D eigenvalue weighted by Gasteiger charge is -2.32. The number of alkyl halides is 3. The molecule has 214 valence electrons. The molecule has 1 saturated heterocycles. The summed E-state index contributed by atoms with van der Waals surface area (Å²) < 4.78 is 41.1. The summed E-state index contributed by atoms with van der Waals surface area (Å²) >= 11 is 0. The van der Waals surface area contributed by atoms with E-state index in [1.807, 2.05) is 22.7 Å². The third-order valence-corrected chi connectivity index (χ3v) is 7.39. The molecule has 5 heterocycles. The number of aromatic nitrogens is 5. The van der Waals surface area contributed by atoms with Gasteiger partial charge in [0.1, 0.15) is 28.7 Å². The van der Waals surface area contributed by atoms with E-state index in [0.29, 0.717) is 17.0 Å². The molecule has 9 nitrogen and oxygen atoms in total. The third kappa shape index (κ3) is 5.66. The lowest BCUT2D eigenvalue weighted by atomic mass is 9.97. The van der Waals surface area contributed by atoms with Crippen LogP contribution in [0.2, 0.25) is 0 Å². The highest BCUT2D eigenvalue weighted by atomic mass is 19.4. The number of nitrogens with two attached hydrogens (primary N) is 1. The molecule has 1 aromatic carbocycles. The molecule has 0 spiro atoms. The molecule has 0 saturated carbocycles. The number of nitrogens with zero attached hydrogens (tertiary/aromatic N) is 6. The molecule has 6 rings (SSSR count). The Kier molecular flexibility index (Phi) is 7.29. The van der Waals surface area contributed by atoms with E-state index in [4.69, 9.17) is 10.7 Å². The van der Waals surface area contributed by atoms with E-state index in [-0.39, 0.29) is 17.3 Å². The van der Waals surface area contributed by atoms with Crippen LogP contribution in [-0.4, -0.2) is 48.2 Å². The summed E-state index contributed by atoms with van der Waals surface area (Å²) in [6, 6.07) is 12.4. The number of likely N-dealkylation sites (tertiary alicyclic amines) is 1. The zero-order valence-corrected chi connectivity index (χ0v) is 22.4. The molecule has 1 unspecified atom stereocenters. The lowest BCUT2D eigenvalue weighted by Crippen LogP contribution is -2.34. The predicted octanol–water partition coefficient (Wildman–Crippen LogP) is 5.42. The molecule has 1 aliphatic heterocycles. The number of pyridine rings is 2. The van der Waals surface area contributed by atoms with Crippen molar-refractivity contribution in [3.63, 3.8) is 0 Å². The first-order valence-electron chi connectivity index (χ1n) is 13.4. The molecule has 12 heteroatoms. The van der Waals surface area contributed by atoms with E-state index >= 15 is 0 Å². The van der Waals surface area contributed by atoms with Crippen LogP contribution in [0.1, 0.15) is 46.1 Å². The van der Waals surface area contributed by atoms with Crippen molar-refractivity contribution in [2.45, 2.75) is 31.5 Å². The van der Waals surface area contributed by atoms with Gasteiger partial charge in [0.2, 0.25) is 0 Å². The molecule has 0 radical (unpaired) electrons. The van der Waals surface area contributed by atoms with Crippen molar-refractivity contribution < 1.29 is 18.0 Å². The number of nitrogen functional groups attached to an aromatic ring is 1. The van der Waals surface area contributed by atoms with E-state index in [9.17, 15) is 18.0 Å². The number of rotatable bonds is 6. The Morgan fingerprint density at radius 1 is 1.02 bits per heavy atom. The van der Waals surface area contributed by atoms with Crippen LogP contribution in [0, 0.1) is 0 Å². The fourth-order valence-electron chi connectivity index (χ4n) is 5.38. The molecule has 3 N–H and O–H groups in total. The van der Waals surface area contributed by atoms with E-state index in [1.165, 1.54) is 5.56 Å². The van der Waals surface area contributed by atoms with Crippen LogP contribution in [-0.2, 0) is 12.7 Å². The Labute approximate surface area is 239 Å². The highest BCUT2D eigenvalue weighted by Gasteiger charge is 2.31. The second-order valence-corrected chi connectivity index (χ2v) is 10.2. The van der Waals surface area contributed by atoms with Crippen LogP contribution < -0.4 is 11.1 Å². The van der Waals surface area contributed by atoms with Crippen molar-refractivity contribution in [1.82, 2.24) is 29.2 Å². The molecule has 1 atom stereocenters. The fourth-order valence-corrected chi connectivity index (χ4v) is 5.38. The van der Waals surface area contributed by atoms with E-state index in [1.54, 1.807) is 42.9 Å². The van der Waals surface area contributed by atoms with Crippen LogP contribution in [0.25, 0.3) is 16.8 Å². The Hall–Kier alpha value is -4.84. The Balaban J connectivity index is 1.25. The van der Waals surface area contributed by atoms with Crippen molar-refractivity contribution in [1.29, 1.82) is 0 Å². The monoisotopic (exact) mass is 572 g/mol. The Morgan fingerprint density at radius 3 is 2.57 bits per heavy atom. The van der Waals surface area contributed by atoms with Crippen LogP contribution in [0.3, 0.4) is 0 Å². The van der Waals surface area contributed by atoms with Gasteiger partial charge in [0, 0.05) is 61.1 Å². The van der Waals surface area contributed by atoms with Gasteiger partial charge in [-0.25, -0.2) is 15.0 Å². The van der Waals surface area contributed by atoms with Gasteiger partial charge < -0.3 is 11.1 Å². The minimum absolute atomic E-state index is 0.175. The first kappa shape index (κ1) is 27.3. The van der Waals surface area contributed by atoms with Gasteiger partial charge >= 0.3 is 6.18 Å². The van der Waals surface area contributed by atoms with Gasteiger partial charge in [-0.2, -0.15) is 13.2 Å². The van der Waals surface area contributed by atoms with Gasteiger partial charge in [0.05, 0.1) is 5.56 Å². The summed E-state index contributed by atoms with van der Waals surface area (Å²) in [5.74, 6) is 0.641. The molecule has 1 aliphatic rings. The summed E-state index contributed by atoms with van der Waals surface area (Å²) in [4.78, 5) is 32.5. The highest BCUT2D eigenvalue weighted by Crippen LogP contribution is 2.34. The minimum Gasteiger partial charge on any atom is -0.382 e. The summed E-state index contributed by atoms with van der Waals surface area (Å²) in [6.45, 7) is 2.67. The van der Waals surface area contributed by atoms with Crippen molar-refractivity contribution in [3.05, 3.63) is 102 Å². The van der Waals surface area contributed by atoms with Crippen molar-refractivity contribution >= 4 is 23.1 Å². The average molecular weight is 573 g/mol. The standard InChI is InChI=1S/C30H27F3N8O/c31-30(32,33)23-9-12-36-24(16-23)38-29(42)21-5-3-20(4-6-21)25-26-27(34)37-13-15-41(26)28(39-25)22-2-1-14-40(18-22)17-19-7-10-35-11-8-19/h3-13,15-16,22H,1-2,14,17-18H2,(H2,34,37)(H,36,38,42). The number of amides is 1. The number of fused-ring (bicyclic) bond motifs is 1. The molecule has 5 aromatic rings. The first-order valence-corrected chi connectivity index (χ1v) is 13.4. The number of nitrogens with one attached hydrogen (secondary N) is 1. The molecule has 1 amide bonds. The molecule has 0 aliphatic carbocycles. The number of hydrogen-bond acceptors (Lipinski definition) is 7. The van der Waals surface area contributed by atoms with Gasteiger partial charge in [0.25, 0.3) is 5.91 Å². The van der Waals surface area contributed by atoms with Crippen LogP contribution in [0.5, 0.6) is 0 Å². The van der Waals surface area contributed by atoms with Gasteiger partial charge in [-0.05, 0) is 61.3 Å². The van der Waals surface area contributed by atoms with Gasteiger partial charge in [-0.1, -0.05) is 12.1 Å². The summed E-state index contributed by atoms with van der Waals surface area (Å²) in [6.07, 6.45) is 5.61. The molecular weight excluding hydrogens is 545 g/mol. The fraction of sp³-hybridized carbons (Fsp3) is 0.233. The SMILES string of the molecule is Nc1nccn2c(C3CCCN(Cc4ccncc4)C3)nc(-c3ccc(C(=O)Nc4cc(C(F)(F)F)ccn4)cc3)c12. The maximum atomic E-state index is 13.0. The number of halogens is 3. The third-order valence-electron chi connectivity index (χ3n) is 7.39. The summed E-state index contributed by atoms with van der Waals surface area (Å²) in [5, 5.41) is 2.43. The molecule has 42 heavy (non-hydrogen) atoms. The van der Waals surface area contributed by atoms with Crippen LogP contribution in [0.15, 0.2) is 79.5 Å².